The molecule has 10 nitrogen and oxygen atoms in total. The van der Waals surface area contributed by atoms with Crippen molar-refractivity contribution in [3.63, 3.8) is 0 Å². The van der Waals surface area contributed by atoms with E-state index < -0.39 is 5.60 Å². The number of hydrogen-bond donors (Lipinski definition) is 2. The van der Waals surface area contributed by atoms with Gasteiger partial charge in [0.25, 0.3) is 5.91 Å². The number of anilines is 2. The van der Waals surface area contributed by atoms with Gasteiger partial charge in [-0.05, 0) is 12.1 Å². The molecule has 1 unspecified atom stereocenters. The van der Waals surface area contributed by atoms with Gasteiger partial charge in [0.15, 0.2) is 5.76 Å². The standard InChI is InChI=1S/C22H21N7O3/c1-28-9-7-22(31,20(28)30)19-11-18(27-32-19)15-5-3-4-14(10-15)17-6-8-23-21(26-17)25-16-12-24-29(2)13-16/h3-6,8,10-13,31H,7,9H2,1-2H3,(H,23,25,26). The molecule has 5 rings (SSSR count). The van der Waals surface area contributed by atoms with Gasteiger partial charge in [-0.1, -0.05) is 23.4 Å². The summed E-state index contributed by atoms with van der Waals surface area (Å²) in [6.45, 7) is 0.462. The predicted octanol–water partition coefficient (Wildman–Crippen LogP) is 2.33. The average molecular weight is 431 g/mol. The van der Waals surface area contributed by atoms with Gasteiger partial charge in [0.1, 0.15) is 5.69 Å². The van der Waals surface area contributed by atoms with E-state index in [1.165, 1.54) is 4.90 Å². The number of likely N-dealkylation sites (tertiary alicyclic amines) is 1. The van der Waals surface area contributed by atoms with Crippen LogP contribution >= 0.6 is 0 Å². The van der Waals surface area contributed by atoms with Crippen LogP contribution < -0.4 is 5.32 Å². The topological polar surface area (TPSA) is 122 Å². The summed E-state index contributed by atoms with van der Waals surface area (Å²) in [5.74, 6) is 0.219. The summed E-state index contributed by atoms with van der Waals surface area (Å²) in [5.41, 5.74) is 2.01. The number of carbonyl (C=O) groups is 1. The Morgan fingerprint density at radius 1 is 1.16 bits per heavy atom. The minimum absolute atomic E-state index is 0.150. The van der Waals surface area contributed by atoms with Crippen LogP contribution in [-0.2, 0) is 17.4 Å². The van der Waals surface area contributed by atoms with Crippen LogP contribution in [0.15, 0.2) is 59.5 Å². The van der Waals surface area contributed by atoms with Crippen LogP contribution in [0.4, 0.5) is 11.6 Å². The summed E-state index contributed by atoms with van der Waals surface area (Å²) in [6, 6.07) is 11.1. The lowest BCUT2D eigenvalue weighted by Crippen LogP contribution is -2.35. The maximum Gasteiger partial charge on any atom is 0.262 e. The van der Waals surface area contributed by atoms with Gasteiger partial charge in [0.2, 0.25) is 11.5 Å². The molecular weight excluding hydrogens is 410 g/mol. The van der Waals surface area contributed by atoms with Crippen molar-refractivity contribution in [3.8, 4) is 22.5 Å². The number of hydrogen-bond acceptors (Lipinski definition) is 8. The number of aromatic nitrogens is 5. The summed E-state index contributed by atoms with van der Waals surface area (Å²) in [5, 5.41) is 22.1. The van der Waals surface area contributed by atoms with Crippen molar-refractivity contribution in [1.29, 1.82) is 0 Å². The number of rotatable bonds is 5. The van der Waals surface area contributed by atoms with Crippen molar-refractivity contribution in [2.45, 2.75) is 12.0 Å². The quantitative estimate of drug-likeness (QED) is 0.494. The van der Waals surface area contributed by atoms with E-state index in [9.17, 15) is 9.90 Å². The number of aliphatic hydroxyl groups is 1. The molecule has 1 amide bonds. The Morgan fingerprint density at radius 3 is 2.69 bits per heavy atom. The molecule has 1 aromatic carbocycles. The summed E-state index contributed by atoms with van der Waals surface area (Å²) < 4.78 is 7.06. The highest BCUT2D eigenvalue weighted by Crippen LogP contribution is 2.35. The largest absolute Gasteiger partial charge is 0.373 e. The fourth-order valence-corrected chi connectivity index (χ4v) is 3.72. The van der Waals surface area contributed by atoms with Gasteiger partial charge in [0, 0.05) is 56.6 Å². The summed E-state index contributed by atoms with van der Waals surface area (Å²) in [6.07, 6.45) is 5.48. The molecule has 1 fully saturated rings. The van der Waals surface area contributed by atoms with Crippen molar-refractivity contribution in [2.75, 3.05) is 18.9 Å². The van der Waals surface area contributed by atoms with E-state index in [0.29, 0.717) is 18.2 Å². The molecule has 1 saturated heterocycles. The molecule has 0 aliphatic carbocycles. The van der Waals surface area contributed by atoms with Gasteiger partial charge in [-0.3, -0.25) is 9.48 Å². The highest BCUT2D eigenvalue weighted by atomic mass is 16.5. The second kappa shape index (κ2) is 7.57. The molecule has 1 atom stereocenters. The highest BCUT2D eigenvalue weighted by molar-refractivity contribution is 5.87. The number of amides is 1. The van der Waals surface area contributed by atoms with Gasteiger partial charge in [-0.25, -0.2) is 9.97 Å². The van der Waals surface area contributed by atoms with Gasteiger partial charge < -0.3 is 19.8 Å². The van der Waals surface area contributed by atoms with E-state index >= 15 is 0 Å². The smallest absolute Gasteiger partial charge is 0.262 e. The van der Waals surface area contributed by atoms with Crippen LogP contribution in [0, 0.1) is 0 Å². The van der Waals surface area contributed by atoms with E-state index in [-0.39, 0.29) is 18.1 Å². The average Bonchev–Trinajstić information content (AvgIpc) is 3.52. The predicted molar refractivity (Wildman–Crippen MR) is 116 cm³/mol. The van der Waals surface area contributed by atoms with Crippen molar-refractivity contribution in [3.05, 3.63) is 60.7 Å². The van der Waals surface area contributed by atoms with E-state index in [1.54, 1.807) is 30.2 Å². The van der Waals surface area contributed by atoms with E-state index in [0.717, 1.165) is 22.5 Å². The Labute approximate surface area is 183 Å². The first-order valence-corrected chi connectivity index (χ1v) is 10.1. The Morgan fingerprint density at radius 2 is 1.97 bits per heavy atom. The first-order chi connectivity index (χ1) is 15.4. The Balaban J connectivity index is 1.42. The minimum Gasteiger partial charge on any atom is -0.373 e. The lowest BCUT2D eigenvalue weighted by Gasteiger charge is -2.16. The van der Waals surface area contributed by atoms with Crippen molar-refractivity contribution >= 4 is 17.5 Å². The maximum atomic E-state index is 12.3. The molecule has 10 heteroatoms. The minimum atomic E-state index is -1.67. The number of benzene rings is 1. The normalized spacial score (nSPS) is 18.3. The van der Waals surface area contributed by atoms with Crippen LogP contribution in [0.3, 0.4) is 0 Å². The Bertz CT molecular complexity index is 1300. The number of carbonyl (C=O) groups excluding carboxylic acids is 1. The summed E-state index contributed by atoms with van der Waals surface area (Å²) >= 11 is 0. The van der Waals surface area contributed by atoms with Crippen LogP contribution in [-0.4, -0.2) is 54.4 Å². The second-order valence-corrected chi connectivity index (χ2v) is 7.79. The van der Waals surface area contributed by atoms with E-state index in [2.05, 4.69) is 25.5 Å². The second-order valence-electron chi connectivity index (χ2n) is 7.79. The molecule has 1 aliphatic heterocycles. The zero-order chi connectivity index (χ0) is 22.3. The van der Waals surface area contributed by atoms with Gasteiger partial charge in [-0.2, -0.15) is 5.10 Å². The molecule has 0 saturated carbocycles. The third kappa shape index (κ3) is 3.50. The lowest BCUT2D eigenvalue weighted by atomic mass is 9.98. The SMILES string of the molecule is CN1CCC(O)(c2cc(-c3cccc(-c4ccnc(Nc5cnn(C)c5)n4)c3)no2)C1=O. The zero-order valence-electron chi connectivity index (χ0n) is 17.6. The van der Waals surface area contributed by atoms with E-state index in [4.69, 9.17) is 4.52 Å². The fourth-order valence-electron chi connectivity index (χ4n) is 3.72. The molecule has 32 heavy (non-hydrogen) atoms. The van der Waals surface area contributed by atoms with Gasteiger partial charge in [0.05, 0.1) is 17.6 Å². The third-order valence-electron chi connectivity index (χ3n) is 5.50. The molecule has 162 valence electrons. The molecule has 1 aliphatic rings. The fraction of sp³-hybridized carbons (Fsp3) is 0.227. The number of nitrogens with one attached hydrogen (secondary N) is 1. The molecular formula is C22H21N7O3. The molecule has 2 N–H and O–H groups in total. The molecule has 3 aromatic heterocycles. The molecule has 4 aromatic rings. The van der Waals surface area contributed by atoms with Crippen molar-refractivity contribution in [2.24, 2.45) is 7.05 Å². The monoisotopic (exact) mass is 431 g/mol. The van der Waals surface area contributed by atoms with Crippen LogP contribution in [0.1, 0.15) is 12.2 Å². The van der Waals surface area contributed by atoms with Crippen LogP contribution in [0.2, 0.25) is 0 Å². The maximum absolute atomic E-state index is 12.3. The Hall–Kier alpha value is -4.05. The van der Waals surface area contributed by atoms with Crippen molar-refractivity contribution < 1.29 is 14.4 Å². The summed E-state index contributed by atoms with van der Waals surface area (Å²) in [7, 11) is 3.49. The zero-order valence-corrected chi connectivity index (χ0v) is 17.6. The first kappa shape index (κ1) is 19.9. The van der Waals surface area contributed by atoms with E-state index in [1.807, 2.05) is 43.6 Å². The Kier molecular flexibility index (Phi) is 4.71. The van der Waals surface area contributed by atoms with Crippen LogP contribution in [0.25, 0.3) is 22.5 Å². The molecule has 0 radical (unpaired) electrons. The first-order valence-electron chi connectivity index (χ1n) is 10.1. The number of nitrogens with zero attached hydrogens (tertiary/aromatic N) is 6. The van der Waals surface area contributed by atoms with Gasteiger partial charge >= 0.3 is 0 Å². The summed E-state index contributed by atoms with van der Waals surface area (Å²) in [4.78, 5) is 22.7. The molecule has 0 bridgehead atoms. The molecule has 0 spiro atoms. The number of aryl methyl sites for hydroxylation is 1. The third-order valence-corrected chi connectivity index (χ3v) is 5.50. The molecule has 4 heterocycles. The lowest BCUT2D eigenvalue weighted by molar-refractivity contribution is -0.144. The van der Waals surface area contributed by atoms with Crippen molar-refractivity contribution in [1.82, 2.24) is 29.8 Å². The number of likely N-dealkylation sites (N-methyl/N-ethyl adjacent to an activating group) is 1. The van der Waals surface area contributed by atoms with Crippen LogP contribution in [0.5, 0.6) is 0 Å². The van der Waals surface area contributed by atoms with Gasteiger partial charge in [-0.15, -0.1) is 0 Å². The highest BCUT2D eigenvalue weighted by Gasteiger charge is 2.48.